The summed E-state index contributed by atoms with van der Waals surface area (Å²) < 4.78 is 10.3. The number of fused-ring (bicyclic) bond motifs is 2. The summed E-state index contributed by atoms with van der Waals surface area (Å²) in [6.07, 6.45) is 4.98. The van der Waals surface area contributed by atoms with Gasteiger partial charge in [-0.15, -0.1) is 0 Å². The van der Waals surface area contributed by atoms with Gasteiger partial charge < -0.3 is 19.7 Å². The zero-order valence-corrected chi connectivity index (χ0v) is 18.1. The van der Waals surface area contributed by atoms with Gasteiger partial charge in [-0.25, -0.2) is 9.78 Å². The molecule has 0 spiro atoms. The van der Waals surface area contributed by atoms with E-state index in [4.69, 9.17) is 14.7 Å². The van der Waals surface area contributed by atoms with Crippen LogP contribution in [0.3, 0.4) is 0 Å². The number of aromatic nitrogens is 1. The number of hydrogen-bond acceptors (Lipinski definition) is 7. The highest BCUT2D eigenvalue weighted by molar-refractivity contribution is 5.73. The number of carbonyl (C=O) groups is 2. The van der Waals surface area contributed by atoms with E-state index in [1.54, 1.807) is 12.3 Å². The molecule has 0 saturated carbocycles. The number of rotatable bonds is 5. The van der Waals surface area contributed by atoms with Crippen LogP contribution in [0, 0.1) is 17.2 Å². The molecule has 1 aromatic heterocycles. The van der Waals surface area contributed by atoms with Crippen molar-refractivity contribution in [2.75, 3.05) is 12.0 Å². The fraction of sp³-hybridized carbons (Fsp3) is 0.636. The van der Waals surface area contributed by atoms with E-state index in [0.717, 1.165) is 31.5 Å². The molecule has 3 atom stereocenters. The smallest absolute Gasteiger partial charge is 0.407 e. The minimum Gasteiger partial charge on any atom is -0.469 e. The van der Waals surface area contributed by atoms with Crippen molar-refractivity contribution in [1.29, 1.82) is 5.26 Å². The zero-order chi connectivity index (χ0) is 21.9. The number of pyridine rings is 1. The number of nitrogens with zero attached hydrogens (tertiary/aromatic N) is 3. The molecule has 2 saturated heterocycles. The van der Waals surface area contributed by atoms with Crippen LogP contribution in [0.25, 0.3) is 0 Å². The predicted octanol–water partition coefficient (Wildman–Crippen LogP) is 3.16. The summed E-state index contributed by atoms with van der Waals surface area (Å²) in [5, 5.41) is 11.9. The average Bonchev–Trinajstić information content (AvgIpc) is 2.95. The first-order valence-corrected chi connectivity index (χ1v) is 10.4. The molecule has 2 unspecified atom stereocenters. The Bertz CT molecular complexity index is 798. The third-order valence-corrected chi connectivity index (χ3v) is 5.80. The van der Waals surface area contributed by atoms with Gasteiger partial charge in [0.15, 0.2) is 0 Å². The van der Waals surface area contributed by atoms with E-state index in [-0.39, 0.29) is 36.4 Å². The van der Waals surface area contributed by atoms with Crippen LogP contribution in [0.2, 0.25) is 0 Å². The van der Waals surface area contributed by atoms with Gasteiger partial charge in [-0.3, -0.25) is 4.79 Å². The summed E-state index contributed by atoms with van der Waals surface area (Å²) in [5.74, 6) is 0.674. The minimum absolute atomic E-state index is 0.120. The Kier molecular flexibility index (Phi) is 6.49. The first-order chi connectivity index (χ1) is 14.2. The second-order valence-electron chi connectivity index (χ2n) is 9.07. The van der Waals surface area contributed by atoms with Crippen LogP contribution in [0.5, 0.6) is 0 Å². The van der Waals surface area contributed by atoms with Gasteiger partial charge in [0.25, 0.3) is 0 Å². The molecule has 1 amide bonds. The van der Waals surface area contributed by atoms with Crippen molar-refractivity contribution in [2.45, 2.75) is 76.6 Å². The van der Waals surface area contributed by atoms with Gasteiger partial charge in [-0.2, -0.15) is 5.26 Å². The first-order valence-electron chi connectivity index (χ1n) is 10.4. The van der Waals surface area contributed by atoms with Crippen LogP contribution < -0.4 is 10.2 Å². The van der Waals surface area contributed by atoms with Crippen molar-refractivity contribution in [3.63, 3.8) is 0 Å². The molecule has 0 radical (unpaired) electrons. The molecule has 3 heterocycles. The number of piperidine rings is 1. The summed E-state index contributed by atoms with van der Waals surface area (Å²) in [7, 11) is 1.36. The third kappa shape index (κ3) is 5.21. The van der Waals surface area contributed by atoms with Crippen molar-refractivity contribution < 1.29 is 19.1 Å². The maximum Gasteiger partial charge on any atom is 0.407 e. The van der Waals surface area contributed by atoms with Crippen molar-refractivity contribution in [3.8, 4) is 6.07 Å². The lowest BCUT2D eigenvalue weighted by Gasteiger charge is -2.42. The number of anilines is 1. The highest BCUT2D eigenvalue weighted by atomic mass is 16.6. The fourth-order valence-corrected chi connectivity index (χ4v) is 4.58. The molecule has 2 fully saturated rings. The molecule has 3 rings (SSSR count). The number of hydrogen-bond donors (Lipinski definition) is 1. The van der Waals surface area contributed by atoms with Crippen LogP contribution in [-0.2, 0) is 14.3 Å². The van der Waals surface area contributed by atoms with E-state index in [9.17, 15) is 9.59 Å². The summed E-state index contributed by atoms with van der Waals surface area (Å²) in [5.41, 5.74) is -0.0653. The van der Waals surface area contributed by atoms with Gasteiger partial charge in [-0.1, -0.05) is 0 Å². The Morgan fingerprint density at radius 2 is 1.97 bits per heavy atom. The van der Waals surface area contributed by atoms with E-state index in [1.807, 2.05) is 26.8 Å². The summed E-state index contributed by atoms with van der Waals surface area (Å²) in [4.78, 5) is 31.2. The lowest BCUT2D eigenvalue weighted by molar-refractivity contribution is -0.141. The normalized spacial score (nSPS) is 24.0. The molecule has 2 bridgehead atoms. The first kappa shape index (κ1) is 21.9. The summed E-state index contributed by atoms with van der Waals surface area (Å²) in [6.45, 7) is 5.43. The van der Waals surface area contributed by atoms with E-state index < -0.39 is 11.7 Å². The number of ether oxygens (including phenoxy) is 2. The molecule has 8 heteroatoms. The monoisotopic (exact) mass is 414 g/mol. The molecule has 1 N–H and O–H groups in total. The van der Waals surface area contributed by atoms with Gasteiger partial charge >= 0.3 is 12.1 Å². The molecular weight excluding hydrogens is 384 g/mol. The Hall–Kier alpha value is -2.82. The van der Waals surface area contributed by atoms with E-state index in [2.05, 4.69) is 21.3 Å². The Morgan fingerprint density at radius 1 is 1.30 bits per heavy atom. The van der Waals surface area contributed by atoms with Crippen LogP contribution in [0.15, 0.2) is 18.3 Å². The average molecular weight is 415 g/mol. The number of alkyl carbamates (subject to hydrolysis) is 1. The summed E-state index contributed by atoms with van der Waals surface area (Å²) >= 11 is 0. The lowest BCUT2D eigenvalue weighted by Crippen LogP contribution is -2.51. The SMILES string of the molecule is COC(=O)C[C@@H](NC(=O)OC(C)(C)C)C1CC2CCC(C1)N2c1ccc(C#N)cn1. The van der Waals surface area contributed by atoms with Gasteiger partial charge in [-0.05, 0) is 64.5 Å². The molecule has 2 aliphatic heterocycles. The third-order valence-electron chi connectivity index (χ3n) is 5.80. The highest BCUT2D eigenvalue weighted by Crippen LogP contribution is 2.42. The standard InChI is InChI=1S/C22H30N4O4/c1-22(2,3)30-21(28)25-18(11-20(27)29-4)15-9-16-6-7-17(10-15)26(16)19-8-5-14(12-23)13-24-19/h5,8,13,15-18H,6-7,9-11H2,1-4H3,(H,25,28)/t15?,16?,17?,18-/m1/s1. The van der Waals surface area contributed by atoms with Crippen LogP contribution in [0.4, 0.5) is 10.6 Å². The zero-order valence-electron chi connectivity index (χ0n) is 18.1. The van der Waals surface area contributed by atoms with Gasteiger partial charge in [0, 0.05) is 24.3 Å². The largest absolute Gasteiger partial charge is 0.469 e. The number of carbonyl (C=O) groups excluding carboxylic acids is 2. The highest BCUT2D eigenvalue weighted by Gasteiger charge is 2.44. The minimum atomic E-state index is -0.608. The number of nitriles is 1. The molecule has 0 aliphatic carbocycles. The van der Waals surface area contributed by atoms with E-state index >= 15 is 0 Å². The number of amides is 1. The quantitative estimate of drug-likeness (QED) is 0.738. The maximum atomic E-state index is 12.4. The molecule has 162 valence electrons. The van der Waals surface area contributed by atoms with Gasteiger partial charge in [0.05, 0.1) is 19.1 Å². The van der Waals surface area contributed by atoms with E-state index in [1.165, 1.54) is 7.11 Å². The Balaban J connectivity index is 1.72. The van der Waals surface area contributed by atoms with E-state index in [0.29, 0.717) is 5.56 Å². The van der Waals surface area contributed by atoms with Crippen molar-refractivity contribution >= 4 is 17.9 Å². The molecular formula is C22H30N4O4. The molecule has 8 nitrogen and oxygen atoms in total. The van der Waals surface area contributed by atoms with Crippen LogP contribution >= 0.6 is 0 Å². The van der Waals surface area contributed by atoms with Gasteiger partial charge in [0.1, 0.15) is 17.5 Å². The van der Waals surface area contributed by atoms with Crippen molar-refractivity contribution in [2.24, 2.45) is 5.92 Å². The van der Waals surface area contributed by atoms with Crippen molar-refractivity contribution in [3.05, 3.63) is 23.9 Å². The topological polar surface area (TPSA) is 105 Å². The summed E-state index contributed by atoms with van der Waals surface area (Å²) in [6, 6.07) is 6.02. The van der Waals surface area contributed by atoms with Crippen LogP contribution in [0.1, 0.15) is 58.4 Å². The van der Waals surface area contributed by atoms with Gasteiger partial charge in [0.2, 0.25) is 0 Å². The molecule has 1 aromatic rings. The Labute approximate surface area is 177 Å². The van der Waals surface area contributed by atoms with Crippen molar-refractivity contribution in [1.82, 2.24) is 10.3 Å². The predicted molar refractivity (Wildman–Crippen MR) is 111 cm³/mol. The number of esters is 1. The lowest BCUT2D eigenvalue weighted by atomic mass is 9.83. The number of nitrogens with one attached hydrogen (secondary N) is 1. The second-order valence-corrected chi connectivity index (χ2v) is 9.07. The van der Waals surface area contributed by atoms with Crippen LogP contribution in [-0.4, -0.2) is 47.9 Å². The maximum absolute atomic E-state index is 12.4. The fourth-order valence-electron chi connectivity index (χ4n) is 4.58. The second kappa shape index (κ2) is 8.90. The number of methoxy groups -OCH3 is 1. The molecule has 30 heavy (non-hydrogen) atoms. The Morgan fingerprint density at radius 3 is 2.47 bits per heavy atom. The molecule has 0 aromatic carbocycles. The molecule has 2 aliphatic rings.